The maximum atomic E-state index is 14.8. The Bertz CT molecular complexity index is 2110. The first kappa shape index (κ1) is 91.8. The Kier molecular flexibility index (Phi) is 42.4. The Labute approximate surface area is 558 Å². The Hall–Kier alpha value is -5.24. The van der Waals surface area contributed by atoms with Crippen LogP contribution in [0, 0.1) is 10.8 Å². The molecular formula is C56H107N9O32. The highest BCUT2D eigenvalue weighted by Crippen LogP contribution is 2.32. The SMILES string of the molecule is NCCCCCCCC(=O)NC(COCCCC(C(=O)NC(CO)(CO)CO)(C(=O)NC(CO)(CO)CO)C(=O)NC(CO)(CO)CO)(COCCC(=O)NC(CO)(CO)CO)COCCC(C(=O)NC(CO)(CO)CO)(C(=O)NC(CO)(CO)CO)C(=O)NC(CO)(CO)CO. The quantitative estimate of drug-likeness (QED) is 0.0199. The summed E-state index contributed by atoms with van der Waals surface area (Å²) in [5, 5.41) is 231. The van der Waals surface area contributed by atoms with Crippen LogP contribution in [0.1, 0.15) is 64.2 Å². The molecule has 0 fully saturated rings. The number of hydrogen-bond donors (Lipinski definition) is 30. The van der Waals surface area contributed by atoms with E-state index in [-0.39, 0.29) is 12.8 Å². The summed E-state index contributed by atoms with van der Waals surface area (Å²) in [6, 6.07) is 0. The molecule has 31 N–H and O–H groups in total. The predicted octanol–water partition coefficient (Wildman–Crippen LogP) is -16.5. The van der Waals surface area contributed by atoms with E-state index in [9.17, 15) is 146 Å². The van der Waals surface area contributed by atoms with Gasteiger partial charge in [0.15, 0.2) is 0 Å². The monoisotopic (exact) mass is 1420 g/mol. The normalized spacial score (nSPS) is 13.5. The molecule has 0 aliphatic heterocycles. The van der Waals surface area contributed by atoms with Gasteiger partial charge in [0.2, 0.25) is 58.1 Å². The third-order valence-electron chi connectivity index (χ3n) is 16.4. The van der Waals surface area contributed by atoms with E-state index in [4.69, 9.17) is 19.9 Å². The molecule has 97 heavy (non-hydrogen) atoms. The highest BCUT2D eigenvalue weighted by molar-refractivity contribution is 6.24. The van der Waals surface area contributed by atoms with Gasteiger partial charge in [-0.25, -0.2) is 0 Å². The largest absolute Gasteiger partial charge is 0.394 e. The van der Waals surface area contributed by atoms with E-state index in [2.05, 4.69) is 10.6 Å². The molecule has 0 heterocycles. The van der Waals surface area contributed by atoms with E-state index in [1.54, 1.807) is 0 Å². The Morgan fingerprint density at radius 1 is 0.247 bits per heavy atom. The Morgan fingerprint density at radius 3 is 0.763 bits per heavy atom. The van der Waals surface area contributed by atoms with E-state index in [1.807, 2.05) is 31.9 Å². The number of nitrogens with one attached hydrogen (secondary N) is 8. The summed E-state index contributed by atoms with van der Waals surface area (Å²) in [5.41, 5.74) is -20.3. The second-order valence-electron chi connectivity index (χ2n) is 24.3. The van der Waals surface area contributed by atoms with Crippen molar-refractivity contribution in [2.24, 2.45) is 16.6 Å². The van der Waals surface area contributed by atoms with Crippen LogP contribution in [0.3, 0.4) is 0 Å². The van der Waals surface area contributed by atoms with Gasteiger partial charge in [0.1, 0.15) is 44.3 Å². The first-order chi connectivity index (χ1) is 46.0. The molecular weight excluding hydrogens is 1310 g/mol. The molecule has 1 atom stereocenters. The molecule has 0 spiro atoms. The van der Waals surface area contributed by atoms with Crippen molar-refractivity contribution in [2.45, 2.75) is 109 Å². The number of aliphatic hydroxyl groups excluding tert-OH is 21. The number of nitrogens with two attached hydrogens (primary N) is 1. The molecule has 0 aromatic heterocycles. The van der Waals surface area contributed by atoms with Crippen LogP contribution in [0.15, 0.2) is 0 Å². The molecule has 41 nitrogen and oxygen atoms in total. The first-order valence-electron chi connectivity index (χ1n) is 30.8. The van der Waals surface area contributed by atoms with Gasteiger partial charge in [-0.3, -0.25) is 38.4 Å². The van der Waals surface area contributed by atoms with Gasteiger partial charge in [0, 0.05) is 32.5 Å². The van der Waals surface area contributed by atoms with Crippen LogP contribution in [0.5, 0.6) is 0 Å². The Morgan fingerprint density at radius 2 is 0.474 bits per heavy atom. The van der Waals surface area contributed by atoms with E-state index in [1.165, 1.54) is 0 Å². The lowest BCUT2D eigenvalue weighted by Gasteiger charge is -2.40. The van der Waals surface area contributed by atoms with Crippen molar-refractivity contribution in [1.82, 2.24) is 42.5 Å². The summed E-state index contributed by atoms with van der Waals surface area (Å²) in [4.78, 5) is 116. The first-order valence-corrected chi connectivity index (χ1v) is 30.8. The fraction of sp³-hybridized carbons (Fsp3) is 0.857. The average Bonchev–Trinajstić information content (AvgIpc) is 0.771. The lowest BCUT2D eigenvalue weighted by atomic mass is 9.77. The fourth-order valence-electron chi connectivity index (χ4n) is 8.81. The molecule has 41 heteroatoms. The predicted molar refractivity (Wildman–Crippen MR) is 328 cm³/mol. The zero-order chi connectivity index (χ0) is 74.3. The Balaban J connectivity index is 8.74. The fourth-order valence-corrected chi connectivity index (χ4v) is 8.81. The summed E-state index contributed by atoms with van der Waals surface area (Å²) in [6.45, 7) is -31.2. The molecule has 0 aliphatic carbocycles. The highest BCUT2D eigenvalue weighted by atomic mass is 16.5. The minimum atomic E-state index is -3.53. The van der Waals surface area contributed by atoms with Gasteiger partial charge >= 0.3 is 0 Å². The molecule has 0 aliphatic rings. The van der Waals surface area contributed by atoms with E-state index >= 15 is 0 Å². The number of rotatable bonds is 58. The van der Waals surface area contributed by atoms with Crippen LogP contribution in [0.2, 0.25) is 0 Å². The maximum Gasteiger partial charge on any atom is 0.246 e. The van der Waals surface area contributed by atoms with E-state index in [0.717, 1.165) is 0 Å². The number of carbonyl (C=O) groups excluding carboxylic acids is 8. The third-order valence-corrected chi connectivity index (χ3v) is 16.4. The standard InChI is InChI=1S/C56H107N9O32/c57-11-5-3-1-2-4-7-39(87)59-54(37-96-13-8-40(88)58-47(15-66,16-67)17-68,38-97-14-10-56(44(92)63-51(27-78,28-79)29-80,45(93)64-52(30-81,31-82)32-83)46(94)65-53(33-84,34-85)35-86)36-95-12-6-9-55(41(89)60-48(18-69,19-70)20-71,42(90)61-49(21-72,22-73)23-74)43(91)62-50(24-75,25-76)26-77/h66-86H,1-38,57H2,(H,58,88)(H,59,87)(H,60,89)(H,61,90)(H,62,91)(H,63,92)(H,64,93)(H,65,94). The van der Waals surface area contributed by atoms with Crippen LogP contribution >= 0.6 is 0 Å². The van der Waals surface area contributed by atoms with Crippen molar-refractivity contribution in [2.75, 3.05) is 185 Å². The number of amides is 8. The molecule has 568 valence electrons. The summed E-state index contributed by atoms with van der Waals surface area (Å²) in [5.74, 6) is -12.7. The van der Waals surface area contributed by atoms with Crippen LogP contribution < -0.4 is 48.3 Å². The number of carbonyl (C=O) groups is 8. The van der Waals surface area contributed by atoms with Crippen molar-refractivity contribution in [3.05, 3.63) is 0 Å². The van der Waals surface area contributed by atoms with Gasteiger partial charge in [-0.15, -0.1) is 0 Å². The zero-order valence-corrected chi connectivity index (χ0v) is 54.3. The molecule has 0 bridgehead atoms. The summed E-state index contributed by atoms with van der Waals surface area (Å²) in [6.07, 6.45) is -1.56. The minimum Gasteiger partial charge on any atom is -0.394 e. The number of aliphatic hydroxyl groups is 21. The van der Waals surface area contributed by atoms with Gasteiger partial charge < -0.3 is 170 Å². The van der Waals surface area contributed by atoms with Crippen molar-refractivity contribution in [3.63, 3.8) is 0 Å². The minimum absolute atomic E-state index is 0.205. The van der Waals surface area contributed by atoms with Gasteiger partial charge in [0.05, 0.1) is 165 Å². The van der Waals surface area contributed by atoms with Gasteiger partial charge in [-0.1, -0.05) is 19.3 Å². The number of hydrogen-bond acceptors (Lipinski definition) is 33. The molecule has 0 aromatic carbocycles. The third kappa shape index (κ3) is 25.1. The molecule has 8 amide bonds. The maximum absolute atomic E-state index is 14.8. The van der Waals surface area contributed by atoms with Crippen molar-refractivity contribution < 1.29 is 160 Å². The lowest BCUT2D eigenvalue weighted by Crippen LogP contribution is -2.71. The van der Waals surface area contributed by atoms with Gasteiger partial charge in [-0.05, 0) is 32.2 Å². The van der Waals surface area contributed by atoms with Crippen molar-refractivity contribution >= 4 is 47.3 Å². The van der Waals surface area contributed by atoms with Crippen LogP contribution in [-0.2, 0) is 52.6 Å². The molecule has 0 saturated carbocycles. The van der Waals surface area contributed by atoms with Crippen LogP contribution in [-0.4, -0.2) is 384 Å². The summed E-state index contributed by atoms with van der Waals surface area (Å²) < 4.78 is 18.0. The lowest BCUT2D eigenvalue weighted by molar-refractivity contribution is -0.161. The van der Waals surface area contributed by atoms with Gasteiger partial charge in [-0.2, -0.15) is 0 Å². The zero-order valence-electron chi connectivity index (χ0n) is 54.3. The number of ether oxygens (including phenoxy) is 3. The molecule has 0 rings (SSSR count). The summed E-state index contributed by atoms with van der Waals surface area (Å²) in [7, 11) is 0. The highest BCUT2D eigenvalue weighted by Gasteiger charge is 2.59. The van der Waals surface area contributed by atoms with Crippen molar-refractivity contribution in [3.8, 4) is 0 Å². The molecule has 0 radical (unpaired) electrons. The second kappa shape index (κ2) is 44.8. The average molecular weight is 1420 g/mol. The van der Waals surface area contributed by atoms with E-state index in [0.29, 0.717) is 32.2 Å². The molecule has 0 aromatic rings. The molecule has 1 unspecified atom stereocenters. The number of unbranched alkanes of at least 4 members (excludes halogenated alkanes) is 4. The van der Waals surface area contributed by atoms with Crippen LogP contribution in [0.25, 0.3) is 0 Å². The smallest absolute Gasteiger partial charge is 0.246 e. The molecule has 0 saturated heterocycles. The summed E-state index contributed by atoms with van der Waals surface area (Å²) >= 11 is 0. The van der Waals surface area contributed by atoms with Crippen molar-refractivity contribution in [1.29, 1.82) is 0 Å². The van der Waals surface area contributed by atoms with E-state index < -0.39 is 306 Å². The van der Waals surface area contributed by atoms with Crippen LogP contribution in [0.4, 0.5) is 0 Å². The topological polar surface area (TPSA) is 711 Å². The van der Waals surface area contributed by atoms with Gasteiger partial charge in [0.25, 0.3) is 0 Å². The second-order valence-corrected chi connectivity index (χ2v) is 24.3.